The quantitative estimate of drug-likeness (QED) is 0.808. The van der Waals surface area contributed by atoms with E-state index in [1.54, 1.807) is 12.1 Å². The van der Waals surface area contributed by atoms with Crippen molar-refractivity contribution in [1.29, 1.82) is 0 Å². The van der Waals surface area contributed by atoms with E-state index in [9.17, 15) is 4.79 Å². The minimum Gasteiger partial charge on any atom is -0.338 e. The van der Waals surface area contributed by atoms with Crippen molar-refractivity contribution >= 4 is 29.9 Å². The number of rotatable bonds is 6. The summed E-state index contributed by atoms with van der Waals surface area (Å²) in [4.78, 5) is 16.1. The summed E-state index contributed by atoms with van der Waals surface area (Å²) in [5.41, 5.74) is 0.826. The van der Waals surface area contributed by atoms with Gasteiger partial charge in [0.2, 0.25) is 11.7 Å². The Bertz CT molecular complexity index is 700. The number of benzene rings is 1. The molecule has 1 N–H and O–H groups in total. The van der Waals surface area contributed by atoms with E-state index in [-0.39, 0.29) is 24.9 Å². The normalized spacial score (nSPS) is 14.7. The Kier molecular flexibility index (Phi) is 7.81. The van der Waals surface area contributed by atoms with Crippen molar-refractivity contribution in [2.75, 3.05) is 19.6 Å². The zero-order valence-electron chi connectivity index (χ0n) is 14.8. The molecule has 1 saturated heterocycles. The number of aromatic nitrogens is 4. The summed E-state index contributed by atoms with van der Waals surface area (Å²) in [6, 6.07) is 7.53. The maximum absolute atomic E-state index is 12.8. The van der Waals surface area contributed by atoms with Gasteiger partial charge in [0.1, 0.15) is 6.54 Å². The molecule has 26 heavy (non-hydrogen) atoms. The largest absolute Gasteiger partial charge is 0.338 e. The lowest BCUT2D eigenvalue weighted by molar-refractivity contribution is -0.135. The molecule has 142 valence electrons. The first-order chi connectivity index (χ1) is 12.2. The highest BCUT2D eigenvalue weighted by Crippen LogP contribution is 2.17. The summed E-state index contributed by atoms with van der Waals surface area (Å²) < 4.78 is 0. The van der Waals surface area contributed by atoms with Gasteiger partial charge in [0.15, 0.2) is 0 Å². The second-order valence-corrected chi connectivity index (χ2v) is 6.66. The molecule has 2 heterocycles. The van der Waals surface area contributed by atoms with Crippen LogP contribution in [0.4, 0.5) is 0 Å². The maximum Gasteiger partial charge on any atom is 0.246 e. The number of halogens is 2. The summed E-state index contributed by atoms with van der Waals surface area (Å²) in [6.07, 6.45) is 2.93. The van der Waals surface area contributed by atoms with Crippen LogP contribution in [-0.2, 0) is 11.3 Å². The summed E-state index contributed by atoms with van der Waals surface area (Å²) in [7, 11) is 0. The first-order valence-corrected chi connectivity index (χ1v) is 9.09. The number of tetrazole rings is 1. The molecule has 1 aliphatic heterocycles. The van der Waals surface area contributed by atoms with Gasteiger partial charge in [-0.05, 0) is 61.8 Å². The van der Waals surface area contributed by atoms with Gasteiger partial charge in [-0.2, -0.15) is 4.80 Å². The Morgan fingerprint density at radius 2 is 2.00 bits per heavy atom. The minimum atomic E-state index is 0. The molecular formula is C17H24Cl2N6O. The van der Waals surface area contributed by atoms with Crippen molar-refractivity contribution in [2.24, 2.45) is 0 Å². The molecule has 9 heteroatoms. The first kappa shape index (κ1) is 20.6. The molecule has 0 unspecified atom stereocenters. The SMILES string of the molecule is CCCN(C(=O)Cn1nnc(-c2ccc(Cl)cc2)n1)C1CCNCC1.Cl. The van der Waals surface area contributed by atoms with Crippen LogP contribution in [0.5, 0.6) is 0 Å². The smallest absolute Gasteiger partial charge is 0.246 e. The van der Waals surface area contributed by atoms with E-state index in [0.29, 0.717) is 16.9 Å². The third-order valence-electron chi connectivity index (χ3n) is 4.37. The van der Waals surface area contributed by atoms with Crippen LogP contribution in [0.15, 0.2) is 24.3 Å². The highest BCUT2D eigenvalue weighted by Gasteiger charge is 2.25. The van der Waals surface area contributed by atoms with Crippen molar-refractivity contribution in [2.45, 2.75) is 38.8 Å². The van der Waals surface area contributed by atoms with Gasteiger partial charge in [-0.25, -0.2) is 0 Å². The summed E-state index contributed by atoms with van der Waals surface area (Å²) in [5.74, 6) is 0.544. The lowest BCUT2D eigenvalue weighted by atomic mass is 10.0. The highest BCUT2D eigenvalue weighted by atomic mass is 35.5. The van der Waals surface area contributed by atoms with Crippen molar-refractivity contribution in [1.82, 2.24) is 30.4 Å². The number of nitrogens with one attached hydrogen (secondary N) is 1. The molecule has 0 saturated carbocycles. The van der Waals surface area contributed by atoms with E-state index in [0.717, 1.165) is 44.5 Å². The minimum absolute atomic E-state index is 0. The molecule has 3 rings (SSSR count). The Morgan fingerprint density at radius 3 is 2.65 bits per heavy atom. The molecule has 0 aliphatic carbocycles. The van der Waals surface area contributed by atoms with Gasteiger partial charge in [-0.1, -0.05) is 18.5 Å². The van der Waals surface area contributed by atoms with Gasteiger partial charge >= 0.3 is 0 Å². The predicted molar refractivity (Wildman–Crippen MR) is 103 cm³/mol. The fraction of sp³-hybridized carbons (Fsp3) is 0.529. The molecule has 7 nitrogen and oxygen atoms in total. The highest BCUT2D eigenvalue weighted by molar-refractivity contribution is 6.30. The molecule has 1 amide bonds. The fourth-order valence-electron chi connectivity index (χ4n) is 3.11. The fourth-order valence-corrected chi connectivity index (χ4v) is 3.23. The molecule has 1 fully saturated rings. The average Bonchev–Trinajstić information content (AvgIpc) is 3.09. The van der Waals surface area contributed by atoms with Crippen LogP contribution >= 0.6 is 24.0 Å². The molecular weight excluding hydrogens is 375 g/mol. The van der Waals surface area contributed by atoms with Crippen LogP contribution in [-0.4, -0.2) is 56.7 Å². The van der Waals surface area contributed by atoms with Gasteiger partial charge in [0, 0.05) is 23.2 Å². The number of hydrogen-bond acceptors (Lipinski definition) is 5. The zero-order valence-corrected chi connectivity index (χ0v) is 16.3. The molecule has 1 aliphatic rings. The van der Waals surface area contributed by atoms with Crippen LogP contribution in [0.1, 0.15) is 26.2 Å². The summed E-state index contributed by atoms with van der Waals surface area (Å²) in [5, 5.41) is 16.4. The van der Waals surface area contributed by atoms with Crippen molar-refractivity contribution in [3.05, 3.63) is 29.3 Å². The average molecular weight is 399 g/mol. The molecule has 2 aromatic rings. The number of piperidine rings is 1. The van der Waals surface area contributed by atoms with Crippen molar-refractivity contribution in [3.8, 4) is 11.4 Å². The molecule has 0 radical (unpaired) electrons. The van der Waals surface area contributed by atoms with Crippen LogP contribution < -0.4 is 5.32 Å². The number of hydrogen-bond donors (Lipinski definition) is 1. The zero-order chi connectivity index (χ0) is 17.6. The molecule has 0 bridgehead atoms. The number of nitrogens with zero attached hydrogens (tertiary/aromatic N) is 5. The predicted octanol–water partition coefficient (Wildman–Crippen LogP) is 2.41. The van der Waals surface area contributed by atoms with E-state index in [2.05, 4.69) is 27.7 Å². The standard InChI is InChI=1S/C17H23ClN6O.ClH/c1-2-11-23(15-7-9-19-10-8-15)16(25)12-24-21-17(20-22-24)13-3-5-14(18)6-4-13;/h3-6,15,19H,2,7-12H2,1H3;1H. The van der Waals surface area contributed by atoms with Gasteiger partial charge in [-0.15, -0.1) is 22.6 Å². The number of carbonyl (C=O) groups is 1. The van der Waals surface area contributed by atoms with E-state index < -0.39 is 0 Å². The second kappa shape index (κ2) is 9.85. The van der Waals surface area contributed by atoms with Crippen molar-refractivity contribution in [3.63, 3.8) is 0 Å². The summed E-state index contributed by atoms with van der Waals surface area (Å²) in [6.45, 7) is 4.89. The third-order valence-corrected chi connectivity index (χ3v) is 4.62. The van der Waals surface area contributed by atoms with E-state index in [1.807, 2.05) is 17.0 Å². The van der Waals surface area contributed by atoms with Crippen LogP contribution in [0.2, 0.25) is 5.02 Å². The van der Waals surface area contributed by atoms with Crippen molar-refractivity contribution < 1.29 is 4.79 Å². The van der Waals surface area contributed by atoms with E-state index in [1.165, 1.54) is 4.80 Å². The first-order valence-electron chi connectivity index (χ1n) is 8.71. The third kappa shape index (κ3) is 5.16. The lowest BCUT2D eigenvalue weighted by Gasteiger charge is -2.34. The Hall–Kier alpha value is -1.70. The van der Waals surface area contributed by atoms with Crippen LogP contribution in [0, 0.1) is 0 Å². The van der Waals surface area contributed by atoms with E-state index in [4.69, 9.17) is 11.6 Å². The Morgan fingerprint density at radius 1 is 1.31 bits per heavy atom. The number of carbonyl (C=O) groups excluding carboxylic acids is 1. The molecule has 0 spiro atoms. The van der Waals surface area contributed by atoms with Crippen LogP contribution in [0.25, 0.3) is 11.4 Å². The molecule has 1 aromatic heterocycles. The Labute approximate surface area is 164 Å². The van der Waals surface area contributed by atoms with E-state index >= 15 is 0 Å². The van der Waals surface area contributed by atoms with Gasteiger partial charge < -0.3 is 10.2 Å². The van der Waals surface area contributed by atoms with Gasteiger partial charge in [-0.3, -0.25) is 4.79 Å². The number of amides is 1. The topological polar surface area (TPSA) is 75.9 Å². The monoisotopic (exact) mass is 398 g/mol. The maximum atomic E-state index is 12.8. The lowest BCUT2D eigenvalue weighted by Crippen LogP contribution is -2.47. The van der Waals surface area contributed by atoms with Gasteiger partial charge in [0.25, 0.3) is 0 Å². The van der Waals surface area contributed by atoms with Gasteiger partial charge in [0.05, 0.1) is 0 Å². The summed E-state index contributed by atoms with van der Waals surface area (Å²) >= 11 is 5.90. The molecule has 1 aromatic carbocycles. The Balaban J connectivity index is 0.00000243. The molecule has 0 atom stereocenters. The van der Waals surface area contributed by atoms with Crippen LogP contribution in [0.3, 0.4) is 0 Å². The second-order valence-electron chi connectivity index (χ2n) is 6.22.